The van der Waals surface area contributed by atoms with E-state index in [1.807, 2.05) is 18.5 Å². The molecule has 6 heteroatoms. The van der Waals surface area contributed by atoms with Gasteiger partial charge in [0.05, 0.1) is 35.5 Å². The predicted octanol–water partition coefficient (Wildman–Crippen LogP) is 2.97. The first-order chi connectivity index (χ1) is 12.1. The van der Waals surface area contributed by atoms with Crippen LogP contribution in [-0.4, -0.2) is 27.8 Å². The summed E-state index contributed by atoms with van der Waals surface area (Å²) in [4.78, 5) is 16.1. The van der Waals surface area contributed by atoms with Gasteiger partial charge in [-0.25, -0.2) is 9.78 Å². The number of nitriles is 1. The Kier molecular flexibility index (Phi) is 2.94. The molecule has 2 spiro atoms. The Balaban J connectivity index is 1.46. The molecule has 25 heavy (non-hydrogen) atoms. The van der Waals surface area contributed by atoms with E-state index in [1.165, 1.54) is 12.8 Å². The van der Waals surface area contributed by atoms with Gasteiger partial charge in [-0.05, 0) is 61.6 Å². The fraction of sp³-hybridized carbons (Fsp3) is 0.526. The molecule has 3 aliphatic rings. The van der Waals surface area contributed by atoms with Gasteiger partial charge in [0.25, 0.3) is 0 Å². The van der Waals surface area contributed by atoms with Crippen LogP contribution < -0.4 is 5.32 Å². The SMILES string of the molecule is N#Cc1ccc2ncn(C[C@H]3C[C@@]4(CCC35CC5)CNC(=O)O4)c2c1. The van der Waals surface area contributed by atoms with Crippen LogP contribution in [0.3, 0.4) is 0 Å². The lowest BCUT2D eigenvalue weighted by Crippen LogP contribution is -2.44. The van der Waals surface area contributed by atoms with E-state index >= 15 is 0 Å². The molecule has 1 amide bonds. The highest BCUT2D eigenvalue weighted by Crippen LogP contribution is 2.62. The van der Waals surface area contributed by atoms with Crippen LogP contribution in [0.4, 0.5) is 4.79 Å². The molecule has 1 aliphatic heterocycles. The normalized spacial score (nSPS) is 29.6. The van der Waals surface area contributed by atoms with Crippen LogP contribution in [0.1, 0.15) is 37.7 Å². The topological polar surface area (TPSA) is 79.9 Å². The third-order valence-electron chi connectivity index (χ3n) is 6.49. The van der Waals surface area contributed by atoms with Gasteiger partial charge in [0.2, 0.25) is 0 Å². The Hall–Kier alpha value is -2.55. The van der Waals surface area contributed by atoms with Crippen LogP contribution >= 0.6 is 0 Å². The number of hydrogen-bond acceptors (Lipinski definition) is 4. The Labute approximate surface area is 145 Å². The molecule has 0 unspecified atom stereocenters. The largest absolute Gasteiger partial charge is 0.441 e. The van der Waals surface area contributed by atoms with Crippen LogP contribution in [0.15, 0.2) is 24.5 Å². The van der Waals surface area contributed by atoms with Crippen LogP contribution in [0.25, 0.3) is 11.0 Å². The van der Waals surface area contributed by atoms with Crippen LogP contribution in [-0.2, 0) is 11.3 Å². The highest BCUT2D eigenvalue weighted by molar-refractivity contribution is 5.77. The fourth-order valence-corrected chi connectivity index (χ4v) is 4.79. The molecule has 0 radical (unpaired) electrons. The smallest absolute Gasteiger partial charge is 0.407 e. The average Bonchev–Trinajstić information content (AvgIpc) is 3.17. The van der Waals surface area contributed by atoms with E-state index in [0.717, 1.165) is 36.8 Å². The summed E-state index contributed by atoms with van der Waals surface area (Å²) in [6.07, 6.45) is 7.13. The van der Waals surface area contributed by atoms with Crippen molar-refractivity contribution in [3.05, 3.63) is 30.1 Å². The second-order valence-electron chi connectivity index (χ2n) is 7.90. The van der Waals surface area contributed by atoms with Crippen molar-refractivity contribution in [2.45, 2.75) is 44.2 Å². The lowest BCUT2D eigenvalue weighted by Gasteiger charge is -2.41. The molecule has 3 fully saturated rings. The molecular formula is C19H20N4O2. The average molecular weight is 336 g/mol. The molecular weight excluding hydrogens is 316 g/mol. The minimum Gasteiger partial charge on any atom is -0.441 e. The quantitative estimate of drug-likeness (QED) is 0.914. The van der Waals surface area contributed by atoms with Crippen molar-refractivity contribution < 1.29 is 9.53 Å². The zero-order valence-corrected chi connectivity index (χ0v) is 14.0. The molecule has 2 heterocycles. The minimum absolute atomic E-state index is 0.280. The zero-order chi connectivity index (χ0) is 17.1. The second-order valence-corrected chi connectivity index (χ2v) is 7.90. The Morgan fingerprint density at radius 1 is 1.36 bits per heavy atom. The van der Waals surface area contributed by atoms with Crippen molar-refractivity contribution in [2.24, 2.45) is 11.3 Å². The lowest BCUT2D eigenvalue weighted by atomic mass is 9.69. The molecule has 6 nitrogen and oxygen atoms in total. The third-order valence-corrected chi connectivity index (χ3v) is 6.49. The number of imidazole rings is 1. The maximum absolute atomic E-state index is 11.6. The van der Waals surface area contributed by atoms with Gasteiger partial charge in [0.1, 0.15) is 5.60 Å². The maximum Gasteiger partial charge on any atom is 0.407 e. The fourth-order valence-electron chi connectivity index (χ4n) is 4.79. The standard InChI is InChI=1S/C19H20N4O2/c20-9-13-1-2-15-16(7-13)23(12-22-15)10-14-8-19(11-21-17(24)25-19)6-5-18(14)3-4-18/h1-2,7,12,14H,3-6,8,10-11H2,(H,21,24)/t14-,19+/m1/s1. The number of nitrogens with zero attached hydrogens (tertiary/aromatic N) is 3. The Morgan fingerprint density at radius 3 is 2.92 bits per heavy atom. The van der Waals surface area contributed by atoms with Gasteiger partial charge in [-0.1, -0.05) is 0 Å². The number of alkyl carbamates (subject to hydrolysis) is 1. The van der Waals surface area contributed by atoms with E-state index in [9.17, 15) is 4.79 Å². The first-order valence-electron chi connectivity index (χ1n) is 8.93. The van der Waals surface area contributed by atoms with Crippen molar-refractivity contribution in [3.8, 4) is 6.07 Å². The molecule has 1 aromatic heterocycles. The number of amides is 1. The number of benzene rings is 1. The first kappa shape index (κ1) is 14.8. The third kappa shape index (κ3) is 2.30. The number of hydrogen-bond donors (Lipinski definition) is 1. The van der Waals surface area contributed by atoms with Gasteiger partial charge in [-0.3, -0.25) is 0 Å². The summed E-state index contributed by atoms with van der Waals surface area (Å²) < 4.78 is 7.84. The summed E-state index contributed by atoms with van der Waals surface area (Å²) in [5, 5.41) is 12.0. The van der Waals surface area contributed by atoms with E-state index in [0.29, 0.717) is 23.4 Å². The summed E-state index contributed by atoms with van der Waals surface area (Å²) in [5.74, 6) is 0.470. The minimum atomic E-state index is -0.330. The molecule has 5 rings (SSSR count). The highest BCUT2D eigenvalue weighted by atomic mass is 16.6. The van der Waals surface area contributed by atoms with Gasteiger partial charge in [-0.15, -0.1) is 0 Å². The maximum atomic E-state index is 11.6. The van der Waals surface area contributed by atoms with Crippen molar-refractivity contribution in [1.82, 2.24) is 14.9 Å². The number of ether oxygens (including phenoxy) is 1. The zero-order valence-electron chi connectivity index (χ0n) is 14.0. The molecule has 1 N–H and O–H groups in total. The molecule has 128 valence electrons. The first-order valence-corrected chi connectivity index (χ1v) is 8.93. The second kappa shape index (κ2) is 4.98. The summed E-state index contributed by atoms with van der Waals surface area (Å²) in [6, 6.07) is 7.83. The number of carbonyl (C=O) groups excluding carboxylic acids is 1. The number of nitrogens with one attached hydrogen (secondary N) is 1. The summed E-state index contributed by atoms with van der Waals surface area (Å²) in [6.45, 7) is 1.49. The number of carbonyl (C=O) groups is 1. The molecule has 2 saturated carbocycles. The summed E-state index contributed by atoms with van der Waals surface area (Å²) >= 11 is 0. The Bertz CT molecular complexity index is 908. The van der Waals surface area contributed by atoms with Gasteiger partial charge in [-0.2, -0.15) is 5.26 Å². The lowest BCUT2D eigenvalue weighted by molar-refractivity contribution is -0.0230. The highest BCUT2D eigenvalue weighted by Gasteiger charge is 2.58. The number of rotatable bonds is 2. The van der Waals surface area contributed by atoms with Gasteiger partial charge >= 0.3 is 6.09 Å². The molecule has 1 saturated heterocycles. The summed E-state index contributed by atoms with van der Waals surface area (Å²) in [5.41, 5.74) is 2.66. The summed E-state index contributed by atoms with van der Waals surface area (Å²) in [7, 11) is 0. The van der Waals surface area contributed by atoms with Crippen molar-refractivity contribution in [2.75, 3.05) is 6.54 Å². The van der Waals surface area contributed by atoms with Crippen molar-refractivity contribution in [3.63, 3.8) is 0 Å². The van der Waals surface area contributed by atoms with E-state index in [-0.39, 0.29) is 11.7 Å². The molecule has 2 atom stereocenters. The molecule has 0 bridgehead atoms. The van der Waals surface area contributed by atoms with E-state index < -0.39 is 0 Å². The van der Waals surface area contributed by atoms with Crippen LogP contribution in [0.5, 0.6) is 0 Å². The van der Waals surface area contributed by atoms with Crippen LogP contribution in [0.2, 0.25) is 0 Å². The predicted molar refractivity (Wildman–Crippen MR) is 90.7 cm³/mol. The van der Waals surface area contributed by atoms with Gasteiger partial charge < -0.3 is 14.6 Å². The Morgan fingerprint density at radius 2 is 2.20 bits per heavy atom. The molecule has 2 aromatic rings. The van der Waals surface area contributed by atoms with E-state index in [2.05, 4.69) is 20.9 Å². The van der Waals surface area contributed by atoms with Crippen LogP contribution in [0, 0.1) is 22.7 Å². The number of aromatic nitrogens is 2. The van der Waals surface area contributed by atoms with E-state index in [1.54, 1.807) is 6.07 Å². The van der Waals surface area contributed by atoms with Gasteiger partial charge in [0, 0.05) is 6.54 Å². The number of fused-ring (bicyclic) bond motifs is 1. The van der Waals surface area contributed by atoms with Crippen molar-refractivity contribution in [1.29, 1.82) is 5.26 Å². The van der Waals surface area contributed by atoms with E-state index in [4.69, 9.17) is 10.00 Å². The molecule has 1 aromatic carbocycles. The van der Waals surface area contributed by atoms with Gasteiger partial charge in [0.15, 0.2) is 0 Å². The monoisotopic (exact) mass is 336 g/mol. The van der Waals surface area contributed by atoms with Crippen molar-refractivity contribution >= 4 is 17.1 Å². The molecule has 2 aliphatic carbocycles.